The van der Waals surface area contributed by atoms with Gasteiger partial charge in [-0.25, -0.2) is 0 Å². The van der Waals surface area contributed by atoms with Crippen molar-refractivity contribution in [3.63, 3.8) is 0 Å². The average Bonchev–Trinajstić information content (AvgIpc) is 2.33. The van der Waals surface area contributed by atoms with Crippen molar-refractivity contribution in [2.75, 3.05) is 19.8 Å². The van der Waals surface area contributed by atoms with Crippen molar-refractivity contribution in [1.29, 1.82) is 0 Å². The van der Waals surface area contributed by atoms with Gasteiger partial charge in [-0.15, -0.1) is 12.4 Å². The molecule has 1 saturated heterocycles. The first-order valence-corrected chi connectivity index (χ1v) is 6.27. The van der Waals surface area contributed by atoms with Crippen LogP contribution in [0.5, 0.6) is 0 Å². The zero-order valence-electron chi connectivity index (χ0n) is 10.8. The highest BCUT2D eigenvalue weighted by Crippen LogP contribution is 2.25. The number of rotatable bonds is 5. The van der Waals surface area contributed by atoms with E-state index in [9.17, 15) is 4.79 Å². The monoisotopic (exact) mass is 264 g/mol. The summed E-state index contributed by atoms with van der Waals surface area (Å²) in [5.74, 6) is 0.118. The molecule has 0 aromatic carbocycles. The van der Waals surface area contributed by atoms with Crippen LogP contribution in [0, 0.1) is 5.41 Å². The van der Waals surface area contributed by atoms with Crippen molar-refractivity contribution in [3.8, 4) is 0 Å². The summed E-state index contributed by atoms with van der Waals surface area (Å²) in [5, 5.41) is 3.11. The van der Waals surface area contributed by atoms with Crippen LogP contribution in [0.1, 0.15) is 39.5 Å². The second kappa shape index (κ2) is 7.90. The number of nitrogens with one attached hydrogen (secondary N) is 1. The molecule has 102 valence electrons. The van der Waals surface area contributed by atoms with Crippen molar-refractivity contribution in [2.24, 2.45) is 11.1 Å². The smallest absolute Gasteiger partial charge is 0.227 e. The molecule has 1 aliphatic rings. The summed E-state index contributed by atoms with van der Waals surface area (Å²) >= 11 is 0. The number of nitrogens with two attached hydrogens (primary N) is 1. The Morgan fingerprint density at radius 2 is 1.88 bits per heavy atom. The van der Waals surface area contributed by atoms with Crippen LogP contribution in [0.2, 0.25) is 0 Å². The number of hydrogen-bond acceptors (Lipinski definition) is 3. The fourth-order valence-electron chi connectivity index (χ4n) is 2.13. The van der Waals surface area contributed by atoms with Gasteiger partial charge in [0.25, 0.3) is 0 Å². The minimum Gasteiger partial charge on any atom is -0.381 e. The Labute approximate surface area is 110 Å². The summed E-state index contributed by atoms with van der Waals surface area (Å²) in [6.07, 6.45) is 3.43. The Bertz CT molecular complexity index is 218. The van der Waals surface area contributed by atoms with E-state index in [1.54, 1.807) is 0 Å². The van der Waals surface area contributed by atoms with E-state index in [0.29, 0.717) is 6.54 Å². The van der Waals surface area contributed by atoms with Gasteiger partial charge in [-0.2, -0.15) is 0 Å². The first-order valence-electron chi connectivity index (χ1n) is 6.27. The number of halogens is 1. The fourth-order valence-corrected chi connectivity index (χ4v) is 2.13. The predicted molar refractivity (Wildman–Crippen MR) is 71.3 cm³/mol. The Hall–Kier alpha value is -0.320. The quantitative estimate of drug-likeness (QED) is 0.790. The van der Waals surface area contributed by atoms with Gasteiger partial charge >= 0.3 is 0 Å². The predicted octanol–water partition coefficient (Wildman–Crippen LogP) is 1.47. The standard InChI is InChI=1S/C12H24N2O2.ClH/c1-3-12(4-2,9-13)11(15)14-10-5-7-16-8-6-10;/h10H,3-9,13H2,1-2H3,(H,14,15);1H. The van der Waals surface area contributed by atoms with E-state index >= 15 is 0 Å². The molecule has 0 aromatic rings. The normalized spacial score (nSPS) is 17.4. The molecular weight excluding hydrogens is 240 g/mol. The largest absolute Gasteiger partial charge is 0.381 e. The minimum atomic E-state index is -0.377. The van der Waals surface area contributed by atoms with Crippen molar-refractivity contribution in [1.82, 2.24) is 5.32 Å². The molecule has 1 heterocycles. The maximum Gasteiger partial charge on any atom is 0.227 e. The van der Waals surface area contributed by atoms with E-state index in [-0.39, 0.29) is 29.8 Å². The summed E-state index contributed by atoms with van der Waals surface area (Å²) in [4.78, 5) is 12.2. The van der Waals surface area contributed by atoms with Gasteiger partial charge in [-0.3, -0.25) is 4.79 Å². The van der Waals surface area contributed by atoms with Crippen molar-refractivity contribution in [2.45, 2.75) is 45.6 Å². The lowest BCUT2D eigenvalue weighted by atomic mass is 9.81. The molecule has 0 radical (unpaired) electrons. The molecule has 0 aliphatic carbocycles. The van der Waals surface area contributed by atoms with Crippen LogP contribution in [0.4, 0.5) is 0 Å². The number of carbonyl (C=O) groups excluding carboxylic acids is 1. The lowest BCUT2D eigenvalue weighted by Gasteiger charge is -2.32. The molecule has 0 atom stereocenters. The molecule has 5 heteroatoms. The molecule has 1 fully saturated rings. The molecule has 0 unspecified atom stereocenters. The molecule has 1 rings (SSSR count). The fraction of sp³-hybridized carbons (Fsp3) is 0.917. The summed E-state index contributed by atoms with van der Waals surface area (Å²) in [5.41, 5.74) is 5.37. The molecule has 17 heavy (non-hydrogen) atoms. The van der Waals surface area contributed by atoms with Crippen molar-refractivity contribution < 1.29 is 9.53 Å². The first-order chi connectivity index (χ1) is 7.68. The molecule has 1 aliphatic heterocycles. The van der Waals surface area contributed by atoms with Gasteiger partial charge in [0.05, 0.1) is 5.41 Å². The third-order valence-electron chi connectivity index (χ3n) is 3.78. The summed E-state index contributed by atoms with van der Waals surface area (Å²) < 4.78 is 5.27. The van der Waals surface area contributed by atoms with Crippen molar-refractivity contribution in [3.05, 3.63) is 0 Å². The summed E-state index contributed by atoms with van der Waals surface area (Å²) in [6, 6.07) is 0.269. The Balaban J connectivity index is 0.00000256. The van der Waals surface area contributed by atoms with E-state index in [1.165, 1.54) is 0 Å². The molecule has 0 spiro atoms. The Kier molecular flexibility index (Phi) is 7.75. The van der Waals surface area contributed by atoms with Crippen LogP contribution in [-0.4, -0.2) is 31.7 Å². The van der Waals surface area contributed by atoms with Gasteiger partial charge in [0.2, 0.25) is 5.91 Å². The second-order valence-electron chi connectivity index (χ2n) is 4.55. The SMILES string of the molecule is CCC(CC)(CN)C(=O)NC1CCOCC1.Cl. The Morgan fingerprint density at radius 3 is 2.29 bits per heavy atom. The van der Waals surface area contributed by atoms with Crippen LogP contribution in [0.15, 0.2) is 0 Å². The van der Waals surface area contributed by atoms with Crippen molar-refractivity contribution >= 4 is 18.3 Å². The highest BCUT2D eigenvalue weighted by Gasteiger charge is 2.34. The molecule has 4 nitrogen and oxygen atoms in total. The van der Waals surface area contributed by atoms with E-state index in [4.69, 9.17) is 10.5 Å². The zero-order valence-corrected chi connectivity index (χ0v) is 11.6. The number of ether oxygens (including phenoxy) is 1. The lowest BCUT2D eigenvalue weighted by molar-refractivity contribution is -0.132. The van der Waals surface area contributed by atoms with Crippen LogP contribution in [-0.2, 0) is 9.53 Å². The van der Waals surface area contributed by atoms with Gasteiger partial charge in [0, 0.05) is 25.8 Å². The molecule has 0 aromatic heterocycles. The molecule has 0 saturated carbocycles. The Morgan fingerprint density at radius 1 is 1.35 bits per heavy atom. The minimum absolute atomic E-state index is 0. The second-order valence-corrected chi connectivity index (χ2v) is 4.55. The van der Waals surface area contributed by atoms with Gasteiger partial charge in [-0.05, 0) is 25.7 Å². The molecule has 1 amide bonds. The maximum absolute atomic E-state index is 12.2. The highest BCUT2D eigenvalue weighted by atomic mass is 35.5. The molecular formula is C12H25ClN2O2. The topological polar surface area (TPSA) is 64.4 Å². The van der Waals surface area contributed by atoms with E-state index in [0.717, 1.165) is 38.9 Å². The van der Waals surface area contributed by atoms with Crippen LogP contribution in [0.25, 0.3) is 0 Å². The van der Waals surface area contributed by atoms with Crippen LogP contribution >= 0.6 is 12.4 Å². The molecule has 0 bridgehead atoms. The third kappa shape index (κ3) is 4.12. The number of hydrogen-bond donors (Lipinski definition) is 2. The van der Waals surface area contributed by atoms with Gasteiger partial charge < -0.3 is 15.8 Å². The average molecular weight is 265 g/mol. The van der Waals surface area contributed by atoms with Crippen LogP contribution < -0.4 is 11.1 Å². The van der Waals surface area contributed by atoms with Gasteiger partial charge in [-0.1, -0.05) is 13.8 Å². The highest BCUT2D eigenvalue weighted by molar-refractivity contribution is 5.85. The van der Waals surface area contributed by atoms with Gasteiger partial charge in [0.1, 0.15) is 0 Å². The summed E-state index contributed by atoms with van der Waals surface area (Å²) in [7, 11) is 0. The first kappa shape index (κ1) is 16.7. The maximum atomic E-state index is 12.2. The van der Waals surface area contributed by atoms with E-state index in [2.05, 4.69) is 5.32 Å². The number of amides is 1. The van der Waals surface area contributed by atoms with E-state index < -0.39 is 0 Å². The number of carbonyl (C=O) groups is 1. The van der Waals surface area contributed by atoms with E-state index in [1.807, 2.05) is 13.8 Å². The lowest BCUT2D eigenvalue weighted by Crippen LogP contribution is -2.50. The molecule has 3 N–H and O–H groups in total. The van der Waals surface area contributed by atoms with Gasteiger partial charge in [0.15, 0.2) is 0 Å². The zero-order chi connectivity index (χ0) is 12.0. The summed E-state index contributed by atoms with van der Waals surface area (Å²) in [6.45, 7) is 5.98. The van der Waals surface area contributed by atoms with Crippen LogP contribution in [0.3, 0.4) is 0 Å². The third-order valence-corrected chi connectivity index (χ3v) is 3.78.